The second-order valence-corrected chi connectivity index (χ2v) is 5.71. The van der Waals surface area contributed by atoms with Crippen LogP contribution >= 0.6 is 0 Å². The van der Waals surface area contributed by atoms with Crippen molar-refractivity contribution in [1.29, 1.82) is 0 Å². The van der Waals surface area contributed by atoms with Crippen LogP contribution in [-0.2, 0) is 6.54 Å². The smallest absolute Gasteiger partial charge is 0.319 e. The molecule has 0 unspecified atom stereocenters. The highest BCUT2D eigenvalue weighted by Crippen LogP contribution is 2.33. The highest BCUT2D eigenvalue weighted by atomic mass is 19.3. The molecule has 1 aromatic heterocycles. The molecule has 1 aliphatic carbocycles. The summed E-state index contributed by atoms with van der Waals surface area (Å²) >= 11 is 0. The summed E-state index contributed by atoms with van der Waals surface area (Å²) in [5.41, 5.74) is -0.700. The molecule has 0 bridgehead atoms. The Bertz CT molecular complexity index is 414. The Morgan fingerprint density at radius 2 is 2.20 bits per heavy atom. The topological polar surface area (TPSA) is 50.1 Å². The first-order chi connectivity index (χ1) is 9.54. The summed E-state index contributed by atoms with van der Waals surface area (Å²) in [5, 5.41) is 13.5. The van der Waals surface area contributed by atoms with Gasteiger partial charge in [0.25, 0.3) is 0 Å². The molecule has 0 aromatic carbocycles. The average molecular weight is 287 g/mol. The van der Waals surface area contributed by atoms with Crippen LogP contribution in [0.15, 0.2) is 12.4 Å². The van der Waals surface area contributed by atoms with E-state index in [9.17, 15) is 13.9 Å². The minimum atomic E-state index is -2.57. The van der Waals surface area contributed by atoms with Gasteiger partial charge in [0.1, 0.15) is 5.82 Å². The Hall–Kier alpha value is -1.01. The van der Waals surface area contributed by atoms with Gasteiger partial charge in [0, 0.05) is 18.9 Å². The zero-order valence-electron chi connectivity index (χ0n) is 11.9. The fourth-order valence-corrected chi connectivity index (χ4v) is 2.87. The van der Waals surface area contributed by atoms with E-state index in [-0.39, 0.29) is 6.54 Å². The fraction of sp³-hybridized carbons (Fsp3) is 0.786. The number of rotatable bonds is 6. The Morgan fingerprint density at radius 1 is 1.50 bits per heavy atom. The molecule has 1 saturated carbocycles. The van der Waals surface area contributed by atoms with Crippen molar-refractivity contribution in [2.45, 2.75) is 57.7 Å². The molecule has 1 heterocycles. The van der Waals surface area contributed by atoms with Crippen LogP contribution in [0.1, 0.15) is 51.4 Å². The van der Waals surface area contributed by atoms with Gasteiger partial charge in [-0.15, -0.1) is 0 Å². The van der Waals surface area contributed by atoms with Crippen molar-refractivity contribution in [3.8, 4) is 0 Å². The van der Waals surface area contributed by atoms with Gasteiger partial charge >= 0.3 is 6.55 Å². The van der Waals surface area contributed by atoms with Gasteiger partial charge in [-0.2, -0.15) is 8.78 Å². The first kappa shape index (κ1) is 15.4. The zero-order chi connectivity index (χ0) is 14.6. The van der Waals surface area contributed by atoms with Crippen LogP contribution in [0.4, 0.5) is 8.78 Å². The summed E-state index contributed by atoms with van der Waals surface area (Å²) in [4.78, 5) is 3.91. The third-order valence-electron chi connectivity index (χ3n) is 4.31. The van der Waals surface area contributed by atoms with Crippen molar-refractivity contribution in [2.75, 3.05) is 6.54 Å². The molecule has 0 radical (unpaired) electrons. The van der Waals surface area contributed by atoms with Gasteiger partial charge in [-0.3, -0.25) is 4.57 Å². The number of nitrogens with zero attached hydrogens (tertiary/aromatic N) is 2. The molecule has 0 spiro atoms. The molecule has 0 aliphatic heterocycles. The summed E-state index contributed by atoms with van der Waals surface area (Å²) in [6.07, 6.45) is 7.44. The van der Waals surface area contributed by atoms with E-state index < -0.39 is 12.2 Å². The molecule has 1 aliphatic rings. The normalized spacial score (nSPS) is 27.1. The van der Waals surface area contributed by atoms with Crippen molar-refractivity contribution in [3.63, 3.8) is 0 Å². The van der Waals surface area contributed by atoms with Crippen molar-refractivity contribution >= 4 is 0 Å². The number of hydrogen-bond acceptors (Lipinski definition) is 3. The molecule has 0 saturated heterocycles. The summed E-state index contributed by atoms with van der Waals surface area (Å²) < 4.78 is 26.1. The Kier molecular flexibility index (Phi) is 5.10. The van der Waals surface area contributed by atoms with E-state index in [4.69, 9.17) is 0 Å². The number of nitrogens with one attached hydrogen (secondary N) is 1. The van der Waals surface area contributed by atoms with E-state index in [1.165, 1.54) is 12.4 Å². The first-order valence-electron chi connectivity index (χ1n) is 7.27. The lowest BCUT2D eigenvalue weighted by Crippen LogP contribution is -2.43. The molecule has 4 nitrogen and oxygen atoms in total. The number of halogens is 2. The SMILES string of the molecule is CCC1CCC(O)(CNCc2nccn2C(F)F)CC1. The summed E-state index contributed by atoms with van der Waals surface area (Å²) in [5.74, 6) is 1.01. The van der Waals surface area contributed by atoms with Crippen molar-refractivity contribution in [1.82, 2.24) is 14.9 Å². The molecule has 114 valence electrons. The highest BCUT2D eigenvalue weighted by Gasteiger charge is 2.32. The van der Waals surface area contributed by atoms with E-state index >= 15 is 0 Å². The van der Waals surface area contributed by atoms with Gasteiger partial charge in [0.05, 0.1) is 12.1 Å². The van der Waals surface area contributed by atoms with E-state index in [0.29, 0.717) is 18.3 Å². The van der Waals surface area contributed by atoms with Gasteiger partial charge < -0.3 is 10.4 Å². The van der Waals surface area contributed by atoms with Gasteiger partial charge in [-0.1, -0.05) is 13.3 Å². The van der Waals surface area contributed by atoms with E-state index in [1.54, 1.807) is 0 Å². The maximum Gasteiger partial charge on any atom is 0.319 e. The molecule has 0 amide bonds. The number of aromatic nitrogens is 2. The summed E-state index contributed by atoms with van der Waals surface area (Å²) in [6.45, 7) is 0.283. The third kappa shape index (κ3) is 3.76. The number of aliphatic hydroxyl groups is 1. The largest absolute Gasteiger partial charge is 0.389 e. The number of hydrogen-bond donors (Lipinski definition) is 2. The fourth-order valence-electron chi connectivity index (χ4n) is 2.87. The quantitative estimate of drug-likeness (QED) is 0.846. The monoisotopic (exact) mass is 287 g/mol. The lowest BCUT2D eigenvalue weighted by Gasteiger charge is -2.36. The van der Waals surface area contributed by atoms with Crippen LogP contribution in [0.5, 0.6) is 0 Å². The zero-order valence-corrected chi connectivity index (χ0v) is 11.9. The molecule has 0 atom stereocenters. The van der Waals surface area contributed by atoms with Crippen molar-refractivity contribution in [3.05, 3.63) is 18.2 Å². The third-order valence-corrected chi connectivity index (χ3v) is 4.31. The van der Waals surface area contributed by atoms with Crippen LogP contribution in [0.2, 0.25) is 0 Å². The molecular weight excluding hydrogens is 264 g/mol. The maximum atomic E-state index is 12.6. The molecule has 6 heteroatoms. The Labute approximate surface area is 118 Å². The summed E-state index contributed by atoms with van der Waals surface area (Å²) in [6, 6.07) is 0. The molecule has 1 aromatic rings. The maximum absolute atomic E-state index is 12.6. The first-order valence-corrected chi connectivity index (χ1v) is 7.27. The second kappa shape index (κ2) is 6.63. The van der Waals surface area contributed by atoms with E-state index in [0.717, 1.165) is 36.7 Å². The van der Waals surface area contributed by atoms with Crippen molar-refractivity contribution < 1.29 is 13.9 Å². The van der Waals surface area contributed by atoms with Crippen LogP contribution < -0.4 is 5.32 Å². The van der Waals surface area contributed by atoms with Crippen LogP contribution in [-0.4, -0.2) is 26.8 Å². The molecule has 2 rings (SSSR count). The lowest BCUT2D eigenvalue weighted by molar-refractivity contribution is -0.00918. The predicted octanol–water partition coefficient (Wildman–Crippen LogP) is 2.70. The van der Waals surface area contributed by atoms with E-state index in [1.807, 2.05) is 0 Å². The lowest BCUT2D eigenvalue weighted by atomic mass is 9.78. The van der Waals surface area contributed by atoms with Crippen LogP contribution in [0.3, 0.4) is 0 Å². The minimum absolute atomic E-state index is 0.247. The van der Waals surface area contributed by atoms with Gasteiger partial charge in [-0.05, 0) is 31.6 Å². The van der Waals surface area contributed by atoms with Crippen molar-refractivity contribution in [2.24, 2.45) is 5.92 Å². The standard InChI is InChI=1S/C14H23F2N3O/c1-2-11-3-5-14(20,6-4-11)10-17-9-12-18-7-8-19(12)13(15)16/h7-8,11,13,17,20H,2-6,9-10H2,1H3. The second-order valence-electron chi connectivity index (χ2n) is 5.71. The van der Waals surface area contributed by atoms with E-state index in [2.05, 4.69) is 17.2 Å². The Balaban J connectivity index is 1.79. The number of imidazole rings is 1. The van der Waals surface area contributed by atoms with Gasteiger partial charge in [0.15, 0.2) is 0 Å². The predicted molar refractivity (Wildman–Crippen MR) is 72.4 cm³/mol. The molecular formula is C14H23F2N3O. The van der Waals surface area contributed by atoms with Crippen LogP contribution in [0.25, 0.3) is 0 Å². The van der Waals surface area contributed by atoms with Crippen LogP contribution in [0, 0.1) is 5.92 Å². The highest BCUT2D eigenvalue weighted by molar-refractivity contribution is 4.94. The molecule has 1 fully saturated rings. The molecule has 2 N–H and O–H groups in total. The number of alkyl halides is 2. The summed E-state index contributed by atoms with van der Waals surface area (Å²) in [7, 11) is 0. The van der Waals surface area contributed by atoms with Gasteiger partial charge in [0.2, 0.25) is 0 Å². The van der Waals surface area contributed by atoms with Gasteiger partial charge in [-0.25, -0.2) is 4.98 Å². The Morgan fingerprint density at radius 3 is 2.80 bits per heavy atom. The minimum Gasteiger partial charge on any atom is -0.389 e. The average Bonchev–Trinajstić information content (AvgIpc) is 2.88. The molecule has 20 heavy (non-hydrogen) atoms.